The minimum atomic E-state index is 1.03. The van der Waals surface area contributed by atoms with Crippen LogP contribution in [0.2, 0.25) is 0 Å². The maximum Gasteiger partial charge on any atom is 0.0926 e. The first-order valence-electron chi connectivity index (χ1n) is 6.31. The Labute approximate surface area is 109 Å². The molecule has 0 aliphatic heterocycles. The Morgan fingerprint density at radius 2 is 2.00 bits per heavy atom. The zero-order valence-electron chi connectivity index (χ0n) is 11.6. The lowest BCUT2D eigenvalue weighted by atomic mass is 10.1. The number of aromatic nitrogens is 2. The molecule has 3 heteroatoms. The van der Waals surface area contributed by atoms with Crippen molar-refractivity contribution in [3.8, 4) is 11.3 Å². The van der Waals surface area contributed by atoms with E-state index in [-0.39, 0.29) is 0 Å². The molecule has 18 heavy (non-hydrogen) atoms. The van der Waals surface area contributed by atoms with Crippen molar-refractivity contribution in [3.63, 3.8) is 0 Å². The SMILES string of the molecule is Cc1cccc(-c2cc(CCN(C)C)n(C)n2)c1. The van der Waals surface area contributed by atoms with Crippen LogP contribution >= 0.6 is 0 Å². The Morgan fingerprint density at radius 1 is 1.22 bits per heavy atom. The predicted octanol–water partition coefficient (Wildman–Crippen LogP) is 2.50. The molecule has 2 aromatic rings. The maximum atomic E-state index is 4.60. The summed E-state index contributed by atoms with van der Waals surface area (Å²) in [5, 5.41) is 4.60. The largest absolute Gasteiger partial charge is 0.309 e. The summed E-state index contributed by atoms with van der Waals surface area (Å²) in [5.74, 6) is 0. The molecule has 0 bridgehead atoms. The molecule has 0 amide bonds. The number of hydrogen-bond donors (Lipinski definition) is 0. The van der Waals surface area contributed by atoms with Gasteiger partial charge in [0.1, 0.15) is 0 Å². The Kier molecular flexibility index (Phi) is 3.82. The van der Waals surface area contributed by atoms with E-state index in [0.717, 1.165) is 18.7 Å². The van der Waals surface area contributed by atoms with Gasteiger partial charge in [0.25, 0.3) is 0 Å². The van der Waals surface area contributed by atoms with Gasteiger partial charge in [0.15, 0.2) is 0 Å². The Balaban J connectivity index is 2.23. The average Bonchev–Trinajstić information content (AvgIpc) is 2.68. The second-order valence-electron chi connectivity index (χ2n) is 5.07. The lowest BCUT2D eigenvalue weighted by Gasteiger charge is -2.08. The first-order valence-corrected chi connectivity index (χ1v) is 6.31. The van der Waals surface area contributed by atoms with Crippen molar-refractivity contribution in [1.29, 1.82) is 0 Å². The number of benzene rings is 1. The smallest absolute Gasteiger partial charge is 0.0926 e. The molecular formula is C15H21N3. The van der Waals surface area contributed by atoms with Crippen LogP contribution in [-0.4, -0.2) is 35.3 Å². The molecular weight excluding hydrogens is 222 g/mol. The fourth-order valence-corrected chi connectivity index (χ4v) is 2.02. The van der Waals surface area contributed by atoms with Crippen molar-refractivity contribution in [3.05, 3.63) is 41.6 Å². The molecule has 0 spiro atoms. The number of nitrogens with zero attached hydrogens (tertiary/aromatic N) is 3. The third-order valence-corrected chi connectivity index (χ3v) is 3.11. The first kappa shape index (κ1) is 12.8. The summed E-state index contributed by atoms with van der Waals surface area (Å²) < 4.78 is 1.99. The van der Waals surface area contributed by atoms with Crippen molar-refractivity contribution >= 4 is 0 Å². The number of aryl methyl sites for hydroxylation is 2. The fourth-order valence-electron chi connectivity index (χ4n) is 2.02. The summed E-state index contributed by atoms with van der Waals surface area (Å²) in [5.41, 5.74) is 4.81. The van der Waals surface area contributed by atoms with Gasteiger partial charge in [-0.1, -0.05) is 23.8 Å². The highest BCUT2D eigenvalue weighted by Gasteiger charge is 2.07. The van der Waals surface area contributed by atoms with E-state index in [4.69, 9.17) is 0 Å². The van der Waals surface area contributed by atoms with E-state index in [0.29, 0.717) is 0 Å². The molecule has 1 aromatic heterocycles. The molecule has 0 unspecified atom stereocenters. The van der Waals surface area contributed by atoms with Crippen LogP contribution in [0.3, 0.4) is 0 Å². The van der Waals surface area contributed by atoms with Crippen LogP contribution in [0.4, 0.5) is 0 Å². The van der Waals surface area contributed by atoms with Gasteiger partial charge in [-0.05, 0) is 33.2 Å². The van der Waals surface area contributed by atoms with Crippen molar-refractivity contribution in [2.45, 2.75) is 13.3 Å². The van der Waals surface area contributed by atoms with E-state index in [1.807, 2.05) is 11.7 Å². The maximum absolute atomic E-state index is 4.60. The summed E-state index contributed by atoms with van der Waals surface area (Å²) in [6, 6.07) is 10.7. The number of likely N-dealkylation sites (N-methyl/N-ethyl adjacent to an activating group) is 1. The third-order valence-electron chi connectivity index (χ3n) is 3.11. The normalized spacial score (nSPS) is 11.2. The quantitative estimate of drug-likeness (QED) is 0.822. The van der Waals surface area contributed by atoms with Crippen molar-refractivity contribution in [1.82, 2.24) is 14.7 Å². The van der Waals surface area contributed by atoms with Crippen LogP contribution in [0.5, 0.6) is 0 Å². The summed E-state index contributed by atoms with van der Waals surface area (Å²) in [6.45, 7) is 3.16. The van der Waals surface area contributed by atoms with Gasteiger partial charge >= 0.3 is 0 Å². The molecule has 0 fully saturated rings. The lowest BCUT2D eigenvalue weighted by Crippen LogP contribution is -2.16. The van der Waals surface area contributed by atoms with E-state index in [9.17, 15) is 0 Å². The minimum absolute atomic E-state index is 1.03. The fraction of sp³-hybridized carbons (Fsp3) is 0.400. The average molecular weight is 243 g/mol. The molecule has 0 atom stereocenters. The lowest BCUT2D eigenvalue weighted by molar-refractivity contribution is 0.408. The van der Waals surface area contributed by atoms with Gasteiger partial charge in [-0.3, -0.25) is 4.68 Å². The Morgan fingerprint density at radius 3 is 2.67 bits per heavy atom. The molecule has 96 valence electrons. The molecule has 0 saturated carbocycles. The van der Waals surface area contributed by atoms with Gasteiger partial charge in [-0.25, -0.2) is 0 Å². The monoisotopic (exact) mass is 243 g/mol. The zero-order valence-corrected chi connectivity index (χ0v) is 11.6. The van der Waals surface area contributed by atoms with Gasteiger partial charge in [0, 0.05) is 31.3 Å². The van der Waals surface area contributed by atoms with Gasteiger partial charge < -0.3 is 4.90 Å². The highest BCUT2D eigenvalue weighted by molar-refractivity contribution is 5.60. The molecule has 0 saturated heterocycles. The van der Waals surface area contributed by atoms with Crippen LogP contribution in [-0.2, 0) is 13.5 Å². The molecule has 1 heterocycles. The van der Waals surface area contributed by atoms with Crippen LogP contribution < -0.4 is 0 Å². The Hall–Kier alpha value is -1.61. The van der Waals surface area contributed by atoms with Crippen LogP contribution in [0.25, 0.3) is 11.3 Å². The molecule has 0 N–H and O–H groups in total. The summed E-state index contributed by atoms with van der Waals surface area (Å²) in [4.78, 5) is 2.19. The summed E-state index contributed by atoms with van der Waals surface area (Å²) >= 11 is 0. The molecule has 2 rings (SSSR count). The Bertz CT molecular complexity index is 526. The standard InChI is InChI=1S/C15H21N3/c1-12-6-5-7-13(10-12)15-11-14(18(4)16-15)8-9-17(2)3/h5-7,10-11H,8-9H2,1-4H3. The second-order valence-corrected chi connectivity index (χ2v) is 5.07. The first-order chi connectivity index (χ1) is 8.56. The number of hydrogen-bond acceptors (Lipinski definition) is 2. The third kappa shape index (κ3) is 2.99. The highest BCUT2D eigenvalue weighted by Crippen LogP contribution is 2.20. The minimum Gasteiger partial charge on any atom is -0.309 e. The predicted molar refractivity (Wildman–Crippen MR) is 75.6 cm³/mol. The molecule has 0 aliphatic rings. The molecule has 1 aromatic carbocycles. The van der Waals surface area contributed by atoms with E-state index in [1.165, 1.54) is 16.8 Å². The topological polar surface area (TPSA) is 21.1 Å². The summed E-state index contributed by atoms with van der Waals surface area (Å²) in [7, 11) is 6.21. The van der Waals surface area contributed by atoms with Gasteiger partial charge in [0.2, 0.25) is 0 Å². The molecule has 3 nitrogen and oxygen atoms in total. The van der Waals surface area contributed by atoms with Crippen molar-refractivity contribution in [2.24, 2.45) is 7.05 Å². The van der Waals surface area contributed by atoms with E-state index in [2.05, 4.69) is 61.3 Å². The molecule has 0 aliphatic carbocycles. The van der Waals surface area contributed by atoms with Crippen LogP contribution in [0.1, 0.15) is 11.3 Å². The summed E-state index contributed by atoms with van der Waals surface area (Å²) in [6.07, 6.45) is 1.03. The zero-order chi connectivity index (χ0) is 13.1. The van der Waals surface area contributed by atoms with Crippen LogP contribution in [0, 0.1) is 6.92 Å². The highest BCUT2D eigenvalue weighted by atomic mass is 15.3. The van der Waals surface area contributed by atoms with Gasteiger partial charge in [0.05, 0.1) is 5.69 Å². The van der Waals surface area contributed by atoms with Gasteiger partial charge in [-0.2, -0.15) is 5.10 Å². The number of rotatable bonds is 4. The van der Waals surface area contributed by atoms with Crippen LogP contribution in [0.15, 0.2) is 30.3 Å². The second kappa shape index (κ2) is 5.36. The van der Waals surface area contributed by atoms with E-state index in [1.54, 1.807) is 0 Å². The van der Waals surface area contributed by atoms with E-state index < -0.39 is 0 Å². The van der Waals surface area contributed by atoms with Crippen molar-refractivity contribution < 1.29 is 0 Å². The van der Waals surface area contributed by atoms with Crippen molar-refractivity contribution in [2.75, 3.05) is 20.6 Å². The van der Waals surface area contributed by atoms with Gasteiger partial charge in [-0.15, -0.1) is 0 Å². The molecule has 0 radical (unpaired) electrons. The van der Waals surface area contributed by atoms with E-state index >= 15 is 0 Å².